The van der Waals surface area contributed by atoms with Gasteiger partial charge < -0.3 is 9.64 Å². The second-order valence-electron chi connectivity index (χ2n) is 3.63. The van der Waals surface area contributed by atoms with Crippen molar-refractivity contribution >= 4 is 5.69 Å². The molecule has 0 aliphatic heterocycles. The van der Waals surface area contributed by atoms with E-state index in [1.165, 1.54) is 16.8 Å². The van der Waals surface area contributed by atoms with Crippen LogP contribution in [0.2, 0.25) is 0 Å². The van der Waals surface area contributed by atoms with Crippen LogP contribution in [0.3, 0.4) is 0 Å². The third kappa shape index (κ3) is 2.00. The maximum absolute atomic E-state index is 5.33. The van der Waals surface area contributed by atoms with E-state index < -0.39 is 0 Å². The van der Waals surface area contributed by atoms with Crippen LogP contribution in [0.4, 0.5) is 5.69 Å². The van der Waals surface area contributed by atoms with E-state index in [2.05, 4.69) is 44.9 Å². The van der Waals surface area contributed by atoms with Gasteiger partial charge in [-0.3, -0.25) is 0 Å². The highest BCUT2D eigenvalue weighted by Crippen LogP contribution is 2.28. The topological polar surface area (TPSA) is 12.5 Å². The Morgan fingerprint density at radius 2 is 1.71 bits per heavy atom. The average Bonchev–Trinajstić information content (AvgIpc) is 2.16. The lowest BCUT2D eigenvalue weighted by Crippen LogP contribution is -2.16. The van der Waals surface area contributed by atoms with Crippen molar-refractivity contribution in [1.29, 1.82) is 0 Å². The summed E-state index contributed by atoms with van der Waals surface area (Å²) < 4.78 is 5.33. The van der Waals surface area contributed by atoms with E-state index in [4.69, 9.17) is 4.74 Å². The Hall–Kier alpha value is -1.18. The molecule has 14 heavy (non-hydrogen) atoms. The van der Waals surface area contributed by atoms with Crippen molar-refractivity contribution in [3.05, 3.63) is 23.3 Å². The Kier molecular flexibility index (Phi) is 3.39. The quantitative estimate of drug-likeness (QED) is 0.732. The first-order valence-electron chi connectivity index (χ1n) is 4.96. The molecular formula is C12H19NO. The van der Waals surface area contributed by atoms with Gasteiger partial charge in [-0.05, 0) is 44.0 Å². The first-order chi connectivity index (χ1) is 6.60. The second kappa shape index (κ2) is 4.36. The zero-order valence-electron chi connectivity index (χ0n) is 9.72. The molecule has 1 aromatic rings. The predicted molar refractivity (Wildman–Crippen MR) is 61.4 cm³/mol. The summed E-state index contributed by atoms with van der Waals surface area (Å²) in [6, 6.07) is 4.32. The van der Waals surface area contributed by atoms with Crippen molar-refractivity contribution in [2.45, 2.75) is 20.8 Å². The molecule has 0 spiro atoms. The molecule has 0 bridgehead atoms. The summed E-state index contributed by atoms with van der Waals surface area (Å²) in [5.41, 5.74) is 3.65. The van der Waals surface area contributed by atoms with E-state index in [1.54, 1.807) is 7.11 Å². The monoisotopic (exact) mass is 193 g/mol. The lowest BCUT2D eigenvalue weighted by molar-refractivity contribution is 0.408. The van der Waals surface area contributed by atoms with E-state index in [-0.39, 0.29) is 0 Å². The van der Waals surface area contributed by atoms with Crippen LogP contribution in [0.5, 0.6) is 5.75 Å². The molecule has 0 aromatic heterocycles. The lowest BCUT2D eigenvalue weighted by atomic mass is 10.1. The Labute approximate surface area is 86.5 Å². The molecule has 0 amide bonds. The van der Waals surface area contributed by atoms with Crippen LogP contribution >= 0.6 is 0 Å². The minimum atomic E-state index is 0.998. The number of benzene rings is 1. The minimum absolute atomic E-state index is 0.998. The van der Waals surface area contributed by atoms with Gasteiger partial charge in [-0.15, -0.1) is 0 Å². The molecule has 0 saturated carbocycles. The van der Waals surface area contributed by atoms with Crippen LogP contribution in [0.15, 0.2) is 12.1 Å². The largest absolute Gasteiger partial charge is 0.496 e. The van der Waals surface area contributed by atoms with Gasteiger partial charge in [-0.1, -0.05) is 0 Å². The standard InChI is InChI=1S/C12H19NO/c1-6-13(4)11-7-9(2)12(14-5)10(3)8-11/h7-8H,6H2,1-5H3. The molecule has 0 N–H and O–H groups in total. The molecule has 1 aromatic carbocycles. The zero-order valence-corrected chi connectivity index (χ0v) is 9.72. The van der Waals surface area contributed by atoms with Crippen molar-refractivity contribution in [2.24, 2.45) is 0 Å². The SMILES string of the molecule is CCN(C)c1cc(C)c(OC)c(C)c1. The third-order valence-corrected chi connectivity index (χ3v) is 2.56. The van der Waals surface area contributed by atoms with Gasteiger partial charge in [0.1, 0.15) is 5.75 Å². The molecule has 0 radical (unpaired) electrons. The molecule has 0 aliphatic carbocycles. The van der Waals surface area contributed by atoms with Gasteiger partial charge in [0.05, 0.1) is 7.11 Å². The fourth-order valence-electron chi connectivity index (χ4n) is 1.65. The lowest BCUT2D eigenvalue weighted by Gasteiger charge is -2.19. The summed E-state index contributed by atoms with van der Waals surface area (Å²) in [6.45, 7) is 7.33. The average molecular weight is 193 g/mol. The first-order valence-corrected chi connectivity index (χ1v) is 4.96. The van der Waals surface area contributed by atoms with Gasteiger partial charge in [0, 0.05) is 19.3 Å². The molecule has 0 unspecified atom stereocenters. The van der Waals surface area contributed by atoms with Gasteiger partial charge in [-0.2, -0.15) is 0 Å². The van der Waals surface area contributed by atoms with E-state index in [1.807, 2.05) is 0 Å². The molecule has 0 atom stereocenters. The molecule has 78 valence electrons. The molecule has 2 heteroatoms. The maximum atomic E-state index is 5.33. The number of aryl methyl sites for hydroxylation is 2. The van der Waals surface area contributed by atoms with E-state index >= 15 is 0 Å². The van der Waals surface area contributed by atoms with E-state index in [9.17, 15) is 0 Å². The molecule has 2 nitrogen and oxygen atoms in total. The van der Waals surface area contributed by atoms with Gasteiger partial charge in [-0.25, -0.2) is 0 Å². The Morgan fingerprint density at radius 1 is 1.21 bits per heavy atom. The number of rotatable bonds is 3. The molecule has 0 aliphatic rings. The minimum Gasteiger partial charge on any atom is -0.496 e. The zero-order chi connectivity index (χ0) is 10.7. The molecular weight excluding hydrogens is 174 g/mol. The third-order valence-electron chi connectivity index (χ3n) is 2.56. The van der Waals surface area contributed by atoms with Crippen LogP contribution in [-0.2, 0) is 0 Å². The van der Waals surface area contributed by atoms with Crippen molar-refractivity contribution in [2.75, 3.05) is 25.6 Å². The summed E-state index contributed by atoms with van der Waals surface area (Å²) in [5.74, 6) is 0.998. The van der Waals surface area contributed by atoms with Crippen LogP contribution in [0.25, 0.3) is 0 Å². The van der Waals surface area contributed by atoms with Crippen LogP contribution < -0.4 is 9.64 Å². The van der Waals surface area contributed by atoms with Crippen LogP contribution in [0.1, 0.15) is 18.1 Å². The number of hydrogen-bond donors (Lipinski definition) is 0. The molecule has 0 heterocycles. The van der Waals surface area contributed by atoms with Gasteiger partial charge in [0.15, 0.2) is 0 Å². The van der Waals surface area contributed by atoms with Crippen LogP contribution in [0, 0.1) is 13.8 Å². The van der Waals surface area contributed by atoms with Crippen molar-refractivity contribution < 1.29 is 4.74 Å². The highest BCUT2D eigenvalue weighted by molar-refractivity contribution is 5.56. The Bertz CT molecular complexity index is 297. The fourth-order valence-corrected chi connectivity index (χ4v) is 1.65. The van der Waals surface area contributed by atoms with Gasteiger partial charge in [0.25, 0.3) is 0 Å². The summed E-state index contributed by atoms with van der Waals surface area (Å²) in [6.07, 6.45) is 0. The Morgan fingerprint density at radius 3 is 2.07 bits per heavy atom. The summed E-state index contributed by atoms with van der Waals surface area (Å²) in [4.78, 5) is 2.22. The predicted octanol–water partition coefficient (Wildman–Crippen LogP) is 2.77. The molecule has 0 fully saturated rings. The second-order valence-corrected chi connectivity index (χ2v) is 3.63. The number of ether oxygens (including phenoxy) is 1. The molecule has 0 saturated heterocycles. The maximum Gasteiger partial charge on any atom is 0.124 e. The fraction of sp³-hybridized carbons (Fsp3) is 0.500. The number of nitrogens with zero attached hydrogens (tertiary/aromatic N) is 1. The normalized spacial score (nSPS) is 10.1. The van der Waals surface area contributed by atoms with Gasteiger partial charge >= 0.3 is 0 Å². The number of methoxy groups -OCH3 is 1. The summed E-state index contributed by atoms with van der Waals surface area (Å²) in [7, 11) is 3.82. The summed E-state index contributed by atoms with van der Waals surface area (Å²) in [5, 5.41) is 0. The number of hydrogen-bond acceptors (Lipinski definition) is 2. The van der Waals surface area contributed by atoms with Crippen LogP contribution in [-0.4, -0.2) is 20.7 Å². The van der Waals surface area contributed by atoms with Crippen molar-refractivity contribution in [1.82, 2.24) is 0 Å². The highest BCUT2D eigenvalue weighted by Gasteiger charge is 2.06. The van der Waals surface area contributed by atoms with Crippen molar-refractivity contribution in [3.8, 4) is 5.75 Å². The highest BCUT2D eigenvalue weighted by atomic mass is 16.5. The Balaban J connectivity index is 3.13. The van der Waals surface area contributed by atoms with E-state index in [0.29, 0.717) is 0 Å². The number of anilines is 1. The molecule has 1 rings (SSSR count). The van der Waals surface area contributed by atoms with Gasteiger partial charge in [0.2, 0.25) is 0 Å². The first kappa shape index (κ1) is 10.9. The van der Waals surface area contributed by atoms with Crippen molar-refractivity contribution in [3.63, 3.8) is 0 Å². The summed E-state index contributed by atoms with van der Waals surface area (Å²) >= 11 is 0. The smallest absolute Gasteiger partial charge is 0.124 e. The van der Waals surface area contributed by atoms with E-state index in [0.717, 1.165) is 12.3 Å².